The van der Waals surface area contributed by atoms with Crippen LogP contribution in [0.3, 0.4) is 0 Å². The van der Waals surface area contributed by atoms with E-state index in [2.05, 4.69) is 28.2 Å². The van der Waals surface area contributed by atoms with Crippen molar-refractivity contribution in [3.05, 3.63) is 93.4 Å². The van der Waals surface area contributed by atoms with E-state index in [1.165, 1.54) is 0 Å². The lowest BCUT2D eigenvalue weighted by molar-refractivity contribution is 0.242. The maximum atomic E-state index is 13.6. The van der Waals surface area contributed by atoms with E-state index in [-0.39, 0.29) is 11.6 Å². The number of nitrogens with one attached hydrogen (secondary N) is 1. The molecule has 8 heteroatoms. The molecule has 36 heavy (non-hydrogen) atoms. The lowest BCUT2D eigenvalue weighted by Gasteiger charge is -2.26. The van der Waals surface area contributed by atoms with E-state index in [0.29, 0.717) is 29.0 Å². The molecule has 1 atom stereocenters. The number of hydrogen-bond acceptors (Lipinski definition) is 4. The molecule has 0 aliphatic heterocycles. The van der Waals surface area contributed by atoms with Crippen LogP contribution in [0.5, 0.6) is 5.75 Å². The number of anilines is 1. The summed E-state index contributed by atoms with van der Waals surface area (Å²) in [5.74, 6) is 1.18. The van der Waals surface area contributed by atoms with Crippen LogP contribution in [0.2, 0.25) is 0 Å². The van der Waals surface area contributed by atoms with Crippen LogP contribution in [0.1, 0.15) is 38.6 Å². The van der Waals surface area contributed by atoms with Gasteiger partial charge < -0.3 is 10.1 Å². The van der Waals surface area contributed by atoms with Crippen molar-refractivity contribution in [2.75, 3.05) is 18.6 Å². The van der Waals surface area contributed by atoms with Gasteiger partial charge in [0.05, 0.1) is 29.7 Å². The number of benzene rings is 3. The fraction of sp³-hybridized carbons (Fsp3) is 0.250. The minimum absolute atomic E-state index is 0.183. The largest absolute Gasteiger partial charge is 0.497 e. The molecule has 7 nitrogen and oxygen atoms in total. The van der Waals surface area contributed by atoms with Gasteiger partial charge in [0.2, 0.25) is 0 Å². The van der Waals surface area contributed by atoms with Crippen molar-refractivity contribution in [1.82, 2.24) is 14.9 Å². The van der Waals surface area contributed by atoms with E-state index in [1.54, 1.807) is 22.6 Å². The van der Waals surface area contributed by atoms with Crippen LogP contribution < -0.4 is 20.5 Å². The van der Waals surface area contributed by atoms with Crippen LogP contribution in [0, 0.1) is 0 Å². The molecule has 1 unspecified atom stereocenters. The number of hydrogen-bond donors (Lipinski definition) is 1. The Morgan fingerprint density at radius 2 is 1.78 bits per heavy atom. The van der Waals surface area contributed by atoms with Crippen LogP contribution in [0.25, 0.3) is 16.6 Å². The SMILES string of the molecule is CCCCN(C(=O)NC(C)c1nc2ccccc2c(=O)n1-c1ccc(Br)cc1)c1ccc(OC)cc1. The van der Waals surface area contributed by atoms with E-state index < -0.39 is 6.04 Å². The van der Waals surface area contributed by atoms with Crippen molar-refractivity contribution in [3.63, 3.8) is 0 Å². The Morgan fingerprint density at radius 1 is 1.08 bits per heavy atom. The van der Waals surface area contributed by atoms with Crippen LogP contribution in [-0.2, 0) is 0 Å². The Balaban J connectivity index is 1.72. The molecule has 0 fully saturated rings. The number of halogens is 1. The van der Waals surface area contributed by atoms with Gasteiger partial charge in [-0.1, -0.05) is 41.4 Å². The number of carbonyl (C=O) groups excluding carboxylic acids is 1. The molecule has 1 N–H and O–H groups in total. The topological polar surface area (TPSA) is 76.5 Å². The molecule has 0 bridgehead atoms. The van der Waals surface area contributed by atoms with E-state index in [0.717, 1.165) is 28.8 Å². The molecule has 1 heterocycles. The standard InChI is InChI=1S/C28H29BrN4O3/c1-4-5-18-32(21-14-16-23(36-3)17-15-21)28(35)30-19(2)26-31-25-9-7-6-8-24(25)27(34)33(26)22-12-10-20(29)11-13-22/h6-17,19H,4-5,18H2,1-3H3,(H,30,35). The van der Waals surface area contributed by atoms with Gasteiger partial charge in [0, 0.05) is 16.7 Å². The molecule has 2 amide bonds. The zero-order chi connectivity index (χ0) is 25.7. The summed E-state index contributed by atoms with van der Waals surface area (Å²) >= 11 is 3.45. The number of para-hydroxylation sites is 1. The average molecular weight is 549 g/mol. The summed E-state index contributed by atoms with van der Waals surface area (Å²) < 4.78 is 7.74. The number of nitrogens with zero attached hydrogens (tertiary/aromatic N) is 3. The first-order valence-corrected chi connectivity index (χ1v) is 12.7. The summed E-state index contributed by atoms with van der Waals surface area (Å²) in [5, 5.41) is 3.59. The van der Waals surface area contributed by atoms with E-state index in [9.17, 15) is 9.59 Å². The molecule has 0 aliphatic carbocycles. The second-order valence-electron chi connectivity index (χ2n) is 8.48. The van der Waals surface area contributed by atoms with Gasteiger partial charge in [-0.15, -0.1) is 0 Å². The molecule has 0 aliphatic rings. The number of fused-ring (bicyclic) bond motifs is 1. The predicted molar refractivity (Wildman–Crippen MR) is 147 cm³/mol. The van der Waals surface area contributed by atoms with Crippen molar-refractivity contribution < 1.29 is 9.53 Å². The summed E-state index contributed by atoms with van der Waals surface area (Å²) in [6, 6.07) is 21.3. The Morgan fingerprint density at radius 3 is 2.44 bits per heavy atom. The van der Waals surface area contributed by atoms with Gasteiger partial charge in [0.1, 0.15) is 11.6 Å². The second kappa shape index (κ2) is 11.4. The Kier molecular flexibility index (Phi) is 8.05. The smallest absolute Gasteiger partial charge is 0.322 e. The molecule has 0 saturated heterocycles. The number of ether oxygens (including phenoxy) is 1. The fourth-order valence-electron chi connectivity index (χ4n) is 4.03. The highest BCUT2D eigenvalue weighted by molar-refractivity contribution is 9.10. The lowest BCUT2D eigenvalue weighted by Crippen LogP contribution is -2.43. The maximum absolute atomic E-state index is 13.6. The van der Waals surface area contributed by atoms with E-state index >= 15 is 0 Å². The number of methoxy groups -OCH3 is 1. The number of carbonyl (C=O) groups is 1. The van der Waals surface area contributed by atoms with Gasteiger partial charge in [-0.2, -0.15) is 0 Å². The van der Waals surface area contributed by atoms with Gasteiger partial charge in [-0.25, -0.2) is 9.78 Å². The Bertz CT molecular complexity index is 1400. The third-order valence-corrected chi connectivity index (χ3v) is 6.51. The quantitative estimate of drug-likeness (QED) is 0.283. The van der Waals surface area contributed by atoms with Crippen molar-refractivity contribution in [3.8, 4) is 11.4 Å². The number of rotatable bonds is 8. The summed E-state index contributed by atoms with van der Waals surface area (Å²) in [5.41, 5.74) is 1.85. The third kappa shape index (κ3) is 5.44. The van der Waals surface area contributed by atoms with Gasteiger partial charge in [0.25, 0.3) is 5.56 Å². The maximum Gasteiger partial charge on any atom is 0.322 e. The number of unbranched alkanes of at least 4 members (excludes halogenated alkanes) is 1. The average Bonchev–Trinajstić information content (AvgIpc) is 2.90. The van der Waals surface area contributed by atoms with Crippen molar-refractivity contribution in [2.45, 2.75) is 32.7 Å². The van der Waals surface area contributed by atoms with Crippen LogP contribution in [0.15, 0.2) is 82.1 Å². The summed E-state index contributed by atoms with van der Waals surface area (Å²) in [7, 11) is 1.61. The van der Waals surface area contributed by atoms with Gasteiger partial charge >= 0.3 is 6.03 Å². The summed E-state index contributed by atoms with van der Waals surface area (Å²) in [6.45, 7) is 4.49. The minimum Gasteiger partial charge on any atom is -0.497 e. The van der Waals surface area contributed by atoms with Crippen molar-refractivity contribution in [1.29, 1.82) is 0 Å². The molecule has 4 aromatic rings. The monoisotopic (exact) mass is 548 g/mol. The van der Waals surface area contributed by atoms with Gasteiger partial charge in [-0.3, -0.25) is 14.3 Å². The second-order valence-corrected chi connectivity index (χ2v) is 9.39. The number of aromatic nitrogens is 2. The van der Waals surface area contributed by atoms with Gasteiger partial charge in [-0.05, 0) is 74.0 Å². The highest BCUT2D eigenvalue weighted by Gasteiger charge is 2.23. The molecule has 0 spiro atoms. The normalized spacial score (nSPS) is 11.8. The number of amides is 2. The molecule has 186 valence electrons. The molecule has 4 rings (SSSR count). The summed E-state index contributed by atoms with van der Waals surface area (Å²) in [4.78, 5) is 33.6. The van der Waals surface area contributed by atoms with Gasteiger partial charge in [0.15, 0.2) is 0 Å². The molecule has 0 radical (unpaired) electrons. The molecule has 3 aromatic carbocycles. The fourth-order valence-corrected chi connectivity index (χ4v) is 4.30. The highest BCUT2D eigenvalue weighted by Crippen LogP contribution is 2.23. The van der Waals surface area contributed by atoms with Crippen LogP contribution in [0.4, 0.5) is 10.5 Å². The molecule has 1 aromatic heterocycles. The molecular formula is C28H29BrN4O3. The Labute approximate surface area is 218 Å². The van der Waals surface area contributed by atoms with Crippen molar-refractivity contribution in [2.24, 2.45) is 0 Å². The van der Waals surface area contributed by atoms with E-state index in [1.807, 2.05) is 73.7 Å². The minimum atomic E-state index is -0.541. The van der Waals surface area contributed by atoms with Crippen LogP contribution >= 0.6 is 15.9 Å². The van der Waals surface area contributed by atoms with E-state index in [4.69, 9.17) is 9.72 Å². The zero-order valence-electron chi connectivity index (χ0n) is 20.6. The predicted octanol–water partition coefficient (Wildman–Crippen LogP) is 6.23. The third-order valence-electron chi connectivity index (χ3n) is 5.98. The van der Waals surface area contributed by atoms with Crippen molar-refractivity contribution >= 4 is 38.6 Å². The first-order valence-electron chi connectivity index (χ1n) is 11.9. The van der Waals surface area contributed by atoms with Crippen LogP contribution in [-0.4, -0.2) is 29.2 Å². The first-order chi connectivity index (χ1) is 17.4. The molecule has 0 saturated carbocycles. The highest BCUT2D eigenvalue weighted by atomic mass is 79.9. The lowest BCUT2D eigenvalue weighted by atomic mass is 10.2. The first kappa shape index (κ1) is 25.4. The Hall–Kier alpha value is -3.65. The summed E-state index contributed by atoms with van der Waals surface area (Å²) in [6.07, 6.45) is 1.80. The number of urea groups is 1. The molecular weight excluding hydrogens is 520 g/mol. The zero-order valence-corrected chi connectivity index (χ0v) is 22.2.